The number of carboxylic acid groups (broad SMARTS) is 1. The third kappa shape index (κ3) is 5.56. The average Bonchev–Trinajstić information content (AvgIpc) is 2.85. The van der Waals surface area contributed by atoms with E-state index in [1.165, 1.54) is 11.3 Å². The van der Waals surface area contributed by atoms with Gasteiger partial charge in [-0.25, -0.2) is 4.98 Å². The van der Waals surface area contributed by atoms with Crippen LogP contribution in [0.25, 0.3) is 0 Å². The molecule has 0 saturated heterocycles. The lowest BCUT2D eigenvalue weighted by atomic mass is 10.1. The van der Waals surface area contributed by atoms with Gasteiger partial charge in [0.2, 0.25) is 0 Å². The van der Waals surface area contributed by atoms with Gasteiger partial charge in [-0.2, -0.15) is 0 Å². The monoisotopic (exact) mass is 361 g/mol. The van der Waals surface area contributed by atoms with Gasteiger partial charge in [0.05, 0.1) is 5.69 Å². The number of rotatable bonds is 8. The first kappa shape index (κ1) is 18.9. The molecule has 0 aliphatic carbocycles. The Bertz CT molecular complexity index is 751. The molecule has 0 unspecified atom stereocenters. The minimum Gasteiger partial charge on any atom is -0.481 e. The Kier molecular flexibility index (Phi) is 6.52. The van der Waals surface area contributed by atoms with Crippen LogP contribution in [0.2, 0.25) is 0 Å². The smallest absolute Gasteiger partial charge is 0.303 e. The molecule has 0 aliphatic rings. The van der Waals surface area contributed by atoms with Crippen LogP contribution in [0.4, 0.5) is 10.8 Å². The highest BCUT2D eigenvalue weighted by Crippen LogP contribution is 2.23. The summed E-state index contributed by atoms with van der Waals surface area (Å²) in [6.07, 6.45) is 1.57. The van der Waals surface area contributed by atoms with Crippen molar-refractivity contribution in [2.24, 2.45) is 0 Å². The molecular formula is C18H23N3O3S. The molecule has 1 aromatic carbocycles. The zero-order chi connectivity index (χ0) is 18.4. The summed E-state index contributed by atoms with van der Waals surface area (Å²) in [7, 11) is 0. The van der Waals surface area contributed by atoms with Crippen LogP contribution in [0, 0.1) is 20.8 Å². The molecule has 0 aliphatic heterocycles. The summed E-state index contributed by atoms with van der Waals surface area (Å²) in [5.41, 5.74) is 3.26. The second-order valence-corrected chi connectivity index (χ2v) is 7.13. The fourth-order valence-electron chi connectivity index (χ4n) is 2.30. The lowest BCUT2D eigenvalue weighted by Gasteiger charge is -2.10. The van der Waals surface area contributed by atoms with Crippen molar-refractivity contribution in [3.8, 4) is 0 Å². The van der Waals surface area contributed by atoms with Gasteiger partial charge >= 0.3 is 5.97 Å². The number of thiazole rings is 1. The lowest BCUT2D eigenvalue weighted by Crippen LogP contribution is -2.14. The average molecular weight is 361 g/mol. The Balaban J connectivity index is 1.97. The first-order chi connectivity index (χ1) is 11.9. The molecule has 2 aromatic rings. The molecule has 1 amide bonds. The molecule has 25 heavy (non-hydrogen) atoms. The number of carboxylic acids is 1. The Hall–Kier alpha value is -2.41. The number of benzene rings is 1. The SMILES string of the molecule is Cc1ccc(NCCCCC(=O)O)cc1C(=O)Nc1nc(C)c(C)s1. The van der Waals surface area contributed by atoms with Crippen molar-refractivity contribution in [1.29, 1.82) is 0 Å². The van der Waals surface area contributed by atoms with Crippen LogP contribution in [-0.2, 0) is 4.79 Å². The summed E-state index contributed by atoms with van der Waals surface area (Å²) in [4.78, 5) is 28.4. The summed E-state index contributed by atoms with van der Waals surface area (Å²) in [6, 6.07) is 5.63. The molecule has 0 saturated carbocycles. The second-order valence-electron chi connectivity index (χ2n) is 5.92. The van der Waals surface area contributed by atoms with Gasteiger partial charge < -0.3 is 10.4 Å². The maximum absolute atomic E-state index is 12.5. The number of nitrogens with one attached hydrogen (secondary N) is 2. The molecule has 3 N–H and O–H groups in total. The first-order valence-corrected chi connectivity index (χ1v) is 9.00. The predicted octanol–water partition coefficient (Wildman–Crippen LogP) is 3.99. The largest absolute Gasteiger partial charge is 0.481 e. The zero-order valence-electron chi connectivity index (χ0n) is 14.7. The number of aliphatic carboxylic acids is 1. The Morgan fingerprint density at radius 2 is 1.96 bits per heavy atom. The van der Waals surface area contributed by atoms with E-state index in [4.69, 9.17) is 5.11 Å². The van der Waals surface area contributed by atoms with Crippen LogP contribution < -0.4 is 10.6 Å². The van der Waals surface area contributed by atoms with Gasteiger partial charge in [-0.3, -0.25) is 14.9 Å². The van der Waals surface area contributed by atoms with E-state index in [1.54, 1.807) is 0 Å². The number of hydrogen-bond acceptors (Lipinski definition) is 5. The molecule has 2 rings (SSSR count). The number of anilines is 2. The summed E-state index contributed by atoms with van der Waals surface area (Å²) < 4.78 is 0. The Morgan fingerprint density at radius 1 is 1.20 bits per heavy atom. The van der Waals surface area contributed by atoms with E-state index >= 15 is 0 Å². The van der Waals surface area contributed by atoms with Crippen molar-refractivity contribution in [3.63, 3.8) is 0 Å². The number of carbonyl (C=O) groups excluding carboxylic acids is 1. The lowest BCUT2D eigenvalue weighted by molar-refractivity contribution is -0.137. The third-order valence-electron chi connectivity index (χ3n) is 3.88. The summed E-state index contributed by atoms with van der Waals surface area (Å²) >= 11 is 1.46. The first-order valence-electron chi connectivity index (χ1n) is 8.18. The number of aryl methyl sites for hydroxylation is 3. The van der Waals surface area contributed by atoms with Crippen molar-refractivity contribution in [3.05, 3.63) is 39.9 Å². The summed E-state index contributed by atoms with van der Waals surface area (Å²) in [6.45, 7) is 6.45. The van der Waals surface area contributed by atoms with Gasteiger partial charge in [-0.05, 0) is 51.3 Å². The molecule has 0 radical (unpaired) electrons. The van der Waals surface area contributed by atoms with Crippen LogP contribution >= 0.6 is 11.3 Å². The summed E-state index contributed by atoms with van der Waals surface area (Å²) in [5, 5.41) is 15.3. The number of carbonyl (C=O) groups is 2. The van der Waals surface area contributed by atoms with E-state index in [-0.39, 0.29) is 12.3 Å². The number of aromatic nitrogens is 1. The number of hydrogen-bond donors (Lipinski definition) is 3. The van der Waals surface area contributed by atoms with Gasteiger partial charge in [-0.15, -0.1) is 11.3 Å². The van der Waals surface area contributed by atoms with Crippen molar-refractivity contribution in [1.82, 2.24) is 4.98 Å². The fraction of sp³-hybridized carbons (Fsp3) is 0.389. The maximum atomic E-state index is 12.5. The van der Waals surface area contributed by atoms with E-state index in [2.05, 4.69) is 15.6 Å². The fourth-order valence-corrected chi connectivity index (χ4v) is 3.11. The van der Waals surface area contributed by atoms with E-state index in [0.717, 1.165) is 28.2 Å². The summed E-state index contributed by atoms with van der Waals surface area (Å²) in [5.74, 6) is -0.956. The zero-order valence-corrected chi connectivity index (χ0v) is 15.5. The standard InChI is InChI=1S/C18H23N3O3S/c1-11-7-8-14(19-9-5-4-6-16(22)23)10-15(11)17(24)21-18-20-12(2)13(3)25-18/h7-8,10,19H,4-6,9H2,1-3H3,(H,22,23)(H,20,21,24). The minimum atomic E-state index is -0.776. The van der Waals surface area contributed by atoms with E-state index in [1.807, 2.05) is 39.0 Å². The van der Waals surface area contributed by atoms with Crippen LogP contribution in [0.3, 0.4) is 0 Å². The van der Waals surface area contributed by atoms with Crippen molar-refractivity contribution in [2.45, 2.75) is 40.0 Å². The van der Waals surface area contributed by atoms with Crippen molar-refractivity contribution < 1.29 is 14.7 Å². The normalized spacial score (nSPS) is 10.5. The van der Waals surface area contributed by atoms with E-state index in [9.17, 15) is 9.59 Å². The van der Waals surface area contributed by atoms with Crippen LogP contribution in [0.15, 0.2) is 18.2 Å². The molecule has 0 spiro atoms. The van der Waals surface area contributed by atoms with Crippen LogP contribution in [0.5, 0.6) is 0 Å². The second kappa shape index (κ2) is 8.62. The molecule has 6 nitrogen and oxygen atoms in total. The molecule has 1 aromatic heterocycles. The quantitative estimate of drug-likeness (QED) is 0.619. The minimum absolute atomic E-state index is 0.176. The van der Waals surface area contributed by atoms with Crippen LogP contribution in [-0.4, -0.2) is 28.5 Å². The topological polar surface area (TPSA) is 91.3 Å². The highest BCUT2D eigenvalue weighted by Gasteiger charge is 2.13. The molecule has 1 heterocycles. The molecule has 7 heteroatoms. The number of nitrogens with zero attached hydrogens (tertiary/aromatic N) is 1. The Morgan fingerprint density at radius 3 is 2.60 bits per heavy atom. The van der Waals surface area contributed by atoms with Gasteiger partial charge in [-0.1, -0.05) is 6.07 Å². The third-order valence-corrected chi connectivity index (χ3v) is 4.87. The molecule has 134 valence electrons. The molecule has 0 fully saturated rings. The predicted molar refractivity (Wildman–Crippen MR) is 101 cm³/mol. The highest BCUT2D eigenvalue weighted by atomic mass is 32.1. The van der Waals surface area contributed by atoms with Crippen molar-refractivity contribution >= 4 is 34.0 Å². The molecule has 0 bridgehead atoms. The number of unbranched alkanes of at least 4 members (excludes halogenated alkanes) is 1. The van der Waals surface area contributed by atoms with E-state index < -0.39 is 5.97 Å². The van der Waals surface area contributed by atoms with Crippen LogP contribution in [0.1, 0.15) is 45.8 Å². The van der Waals surface area contributed by atoms with Gasteiger partial charge in [0.1, 0.15) is 0 Å². The van der Waals surface area contributed by atoms with Gasteiger partial charge in [0.15, 0.2) is 5.13 Å². The molecule has 0 atom stereocenters. The van der Waals surface area contributed by atoms with E-state index in [0.29, 0.717) is 23.7 Å². The van der Waals surface area contributed by atoms with Crippen molar-refractivity contribution in [2.75, 3.05) is 17.2 Å². The highest BCUT2D eigenvalue weighted by molar-refractivity contribution is 7.15. The Labute approximate surface area is 151 Å². The molecular weight excluding hydrogens is 338 g/mol. The maximum Gasteiger partial charge on any atom is 0.303 e. The van der Waals surface area contributed by atoms with Gasteiger partial charge in [0, 0.05) is 29.1 Å². The van der Waals surface area contributed by atoms with Gasteiger partial charge in [0.25, 0.3) is 5.91 Å². The number of amides is 1.